The summed E-state index contributed by atoms with van der Waals surface area (Å²) in [6, 6.07) is 39.9. The van der Waals surface area contributed by atoms with Gasteiger partial charge in [-0.05, 0) is 60.4 Å². The van der Waals surface area contributed by atoms with E-state index in [0.29, 0.717) is 0 Å². The van der Waals surface area contributed by atoms with Crippen molar-refractivity contribution < 1.29 is 0 Å². The molecule has 5 rings (SSSR count). The average Bonchev–Trinajstić information content (AvgIpc) is 3.31. The van der Waals surface area contributed by atoms with Crippen molar-refractivity contribution in [1.29, 1.82) is 0 Å². The minimum absolute atomic E-state index is 0.818. The highest BCUT2D eigenvalue weighted by atomic mass is 32.1. The first-order valence-corrected chi connectivity index (χ1v) is 12.6. The van der Waals surface area contributed by atoms with Crippen LogP contribution in [0.5, 0.6) is 0 Å². The smallest absolute Gasteiger partial charge is 0.0955 e. The number of benzene rings is 4. The van der Waals surface area contributed by atoms with Crippen LogP contribution < -0.4 is 0 Å². The lowest BCUT2D eigenvalue weighted by atomic mass is 10.1. The molecule has 1 heteroatoms. The monoisotopic (exact) mass is 484 g/mol. The SMILES string of the molecule is C(#Cc1sc(C#Cc2ccccc2)c(C#Cc2ccccc2)c1C#Cc1ccccc1)c1ccccc1. The Hall–Kier alpha value is -5.18. The largest absolute Gasteiger partial charge is 0.115 e. The molecule has 1 heterocycles. The normalized spacial score (nSPS) is 9.30. The van der Waals surface area contributed by atoms with Crippen molar-refractivity contribution in [2.24, 2.45) is 0 Å². The molecular weight excluding hydrogens is 464 g/mol. The first-order chi connectivity index (χ1) is 18.3. The highest BCUT2D eigenvalue weighted by molar-refractivity contribution is 7.13. The zero-order chi connectivity index (χ0) is 25.1. The van der Waals surface area contributed by atoms with E-state index in [9.17, 15) is 0 Å². The molecule has 0 bridgehead atoms. The first kappa shape index (κ1) is 23.6. The molecule has 0 fully saturated rings. The lowest BCUT2D eigenvalue weighted by Crippen LogP contribution is -1.85. The molecule has 0 radical (unpaired) electrons. The molecule has 0 amide bonds. The fourth-order valence-corrected chi connectivity index (χ4v) is 4.38. The molecule has 0 nitrogen and oxygen atoms in total. The maximum absolute atomic E-state index is 3.38. The second-order valence-electron chi connectivity index (χ2n) is 7.97. The standard InChI is InChI=1S/C36H20S/c1-5-13-29(14-6-1)21-25-33-34(26-22-30-15-7-2-8-16-30)36(28-24-32-19-11-4-12-20-32)37-35(33)27-23-31-17-9-3-10-18-31/h1-20H. The molecule has 1 aromatic heterocycles. The number of hydrogen-bond donors (Lipinski definition) is 0. The number of thiophene rings is 1. The van der Waals surface area contributed by atoms with Gasteiger partial charge in [0.05, 0.1) is 20.9 Å². The van der Waals surface area contributed by atoms with Crippen molar-refractivity contribution in [3.63, 3.8) is 0 Å². The van der Waals surface area contributed by atoms with Crippen LogP contribution in [-0.4, -0.2) is 0 Å². The maximum Gasteiger partial charge on any atom is 0.0955 e. The quantitative estimate of drug-likeness (QED) is 0.202. The van der Waals surface area contributed by atoms with Gasteiger partial charge in [0.2, 0.25) is 0 Å². The van der Waals surface area contributed by atoms with Gasteiger partial charge in [-0.3, -0.25) is 0 Å². The van der Waals surface area contributed by atoms with Gasteiger partial charge in [-0.1, -0.05) is 108 Å². The fraction of sp³-hybridized carbons (Fsp3) is 0. The Morgan fingerprint density at radius 2 is 0.568 bits per heavy atom. The molecule has 0 aliphatic carbocycles. The zero-order valence-corrected chi connectivity index (χ0v) is 20.8. The van der Waals surface area contributed by atoms with Gasteiger partial charge < -0.3 is 0 Å². The molecule has 170 valence electrons. The molecule has 0 atom stereocenters. The summed E-state index contributed by atoms with van der Waals surface area (Å²) >= 11 is 1.54. The lowest BCUT2D eigenvalue weighted by molar-refractivity contribution is 1.62. The van der Waals surface area contributed by atoms with Crippen LogP contribution >= 0.6 is 11.3 Å². The first-order valence-electron chi connectivity index (χ1n) is 11.8. The average molecular weight is 485 g/mol. The zero-order valence-electron chi connectivity index (χ0n) is 20.0. The molecule has 4 aromatic carbocycles. The minimum atomic E-state index is 0.818. The molecule has 0 unspecified atom stereocenters. The van der Waals surface area contributed by atoms with Crippen LogP contribution in [0.3, 0.4) is 0 Å². The van der Waals surface area contributed by atoms with Crippen LogP contribution in [0.15, 0.2) is 121 Å². The van der Waals surface area contributed by atoms with Gasteiger partial charge in [0, 0.05) is 22.3 Å². The molecule has 0 aliphatic heterocycles. The summed E-state index contributed by atoms with van der Waals surface area (Å²) in [5.74, 6) is 26.6. The Morgan fingerprint density at radius 1 is 0.297 bits per heavy atom. The van der Waals surface area contributed by atoms with Gasteiger partial charge in [-0.2, -0.15) is 0 Å². The molecule has 0 N–H and O–H groups in total. The van der Waals surface area contributed by atoms with Crippen LogP contribution in [0.25, 0.3) is 0 Å². The van der Waals surface area contributed by atoms with Gasteiger partial charge in [-0.15, -0.1) is 11.3 Å². The third-order valence-corrected chi connectivity index (χ3v) is 6.33. The Kier molecular flexibility index (Phi) is 7.63. The second-order valence-corrected chi connectivity index (χ2v) is 9.00. The van der Waals surface area contributed by atoms with Crippen molar-refractivity contribution in [2.75, 3.05) is 0 Å². The van der Waals surface area contributed by atoms with E-state index in [2.05, 4.69) is 47.4 Å². The third kappa shape index (κ3) is 6.49. The Balaban J connectivity index is 1.69. The van der Waals surface area contributed by atoms with E-state index in [1.165, 1.54) is 0 Å². The molecule has 0 spiro atoms. The molecule has 0 saturated carbocycles. The van der Waals surface area contributed by atoms with Crippen LogP contribution in [0.1, 0.15) is 43.1 Å². The summed E-state index contributed by atoms with van der Waals surface area (Å²) in [6.45, 7) is 0. The highest BCUT2D eigenvalue weighted by Gasteiger charge is 2.14. The third-order valence-electron chi connectivity index (χ3n) is 5.31. The minimum Gasteiger partial charge on any atom is -0.115 e. The van der Waals surface area contributed by atoms with Crippen molar-refractivity contribution >= 4 is 11.3 Å². The Labute approximate surface area is 222 Å². The summed E-state index contributed by atoms with van der Waals surface area (Å²) in [5.41, 5.74) is 5.42. The highest BCUT2D eigenvalue weighted by Crippen LogP contribution is 2.27. The second kappa shape index (κ2) is 12.0. The van der Waals surface area contributed by atoms with Crippen molar-refractivity contribution in [3.8, 4) is 47.4 Å². The van der Waals surface area contributed by atoms with Crippen LogP contribution in [0, 0.1) is 47.4 Å². The topological polar surface area (TPSA) is 0 Å². The summed E-state index contributed by atoms with van der Waals surface area (Å²) in [5, 5.41) is 0. The predicted molar refractivity (Wildman–Crippen MR) is 154 cm³/mol. The van der Waals surface area contributed by atoms with E-state index in [-0.39, 0.29) is 0 Å². The molecule has 5 aromatic rings. The van der Waals surface area contributed by atoms with E-state index in [4.69, 9.17) is 0 Å². The van der Waals surface area contributed by atoms with Crippen LogP contribution in [-0.2, 0) is 0 Å². The maximum atomic E-state index is 3.38. The number of hydrogen-bond acceptors (Lipinski definition) is 1. The van der Waals surface area contributed by atoms with Gasteiger partial charge in [0.25, 0.3) is 0 Å². The van der Waals surface area contributed by atoms with Gasteiger partial charge >= 0.3 is 0 Å². The fourth-order valence-electron chi connectivity index (χ4n) is 3.46. The van der Waals surface area contributed by atoms with E-state index in [0.717, 1.165) is 43.1 Å². The molecule has 37 heavy (non-hydrogen) atoms. The van der Waals surface area contributed by atoms with Gasteiger partial charge in [-0.25, -0.2) is 0 Å². The van der Waals surface area contributed by atoms with E-state index >= 15 is 0 Å². The van der Waals surface area contributed by atoms with Crippen LogP contribution in [0.4, 0.5) is 0 Å². The molecular formula is C36H20S. The van der Waals surface area contributed by atoms with E-state index in [1.54, 1.807) is 11.3 Å². The van der Waals surface area contributed by atoms with E-state index < -0.39 is 0 Å². The van der Waals surface area contributed by atoms with E-state index in [1.807, 2.05) is 121 Å². The number of rotatable bonds is 0. The van der Waals surface area contributed by atoms with Crippen LogP contribution in [0.2, 0.25) is 0 Å². The lowest BCUT2D eigenvalue weighted by Gasteiger charge is -1.93. The summed E-state index contributed by atoms with van der Waals surface area (Å²) in [4.78, 5) is 1.73. The van der Waals surface area contributed by atoms with Gasteiger partial charge in [0.1, 0.15) is 0 Å². The summed E-state index contributed by atoms with van der Waals surface area (Å²) in [7, 11) is 0. The molecule has 0 saturated heterocycles. The molecule has 0 aliphatic rings. The predicted octanol–water partition coefficient (Wildman–Crippen LogP) is 7.35. The Bertz CT molecular complexity index is 1610. The summed E-state index contributed by atoms with van der Waals surface area (Å²) < 4.78 is 0. The van der Waals surface area contributed by atoms with Gasteiger partial charge in [0.15, 0.2) is 0 Å². The summed E-state index contributed by atoms with van der Waals surface area (Å²) in [6.07, 6.45) is 0. The van der Waals surface area contributed by atoms with Crippen molar-refractivity contribution in [3.05, 3.63) is 164 Å². The van der Waals surface area contributed by atoms with Crippen molar-refractivity contribution in [2.45, 2.75) is 0 Å². The van der Waals surface area contributed by atoms with Crippen molar-refractivity contribution in [1.82, 2.24) is 0 Å². The Morgan fingerprint density at radius 3 is 0.865 bits per heavy atom.